The third-order valence-corrected chi connectivity index (χ3v) is 1.41. The van der Waals surface area contributed by atoms with E-state index in [1.165, 1.54) is 13.2 Å². The zero-order valence-corrected chi connectivity index (χ0v) is 8.45. The molecule has 0 aromatic heterocycles. The highest BCUT2D eigenvalue weighted by Gasteiger charge is 1.99. The highest BCUT2D eigenvalue weighted by molar-refractivity contribution is 5.88. The molecule has 0 radical (unpaired) electrons. The molecular formula is C10H15NO3. The van der Waals surface area contributed by atoms with Crippen molar-refractivity contribution in [3.8, 4) is 0 Å². The number of hydrogen-bond acceptors (Lipinski definition) is 3. The largest absolute Gasteiger partial charge is 0.469 e. The van der Waals surface area contributed by atoms with Crippen molar-refractivity contribution in [2.24, 2.45) is 0 Å². The Bertz CT molecular complexity index is 244. The van der Waals surface area contributed by atoms with Crippen molar-refractivity contribution in [3.63, 3.8) is 0 Å². The summed E-state index contributed by atoms with van der Waals surface area (Å²) < 4.78 is 4.41. The molecule has 0 saturated heterocycles. The molecule has 1 N–H and O–H groups in total. The highest BCUT2D eigenvalue weighted by Crippen LogP contribution is 1.82. The number of allylic oxidation sites excluding steroid dienone is 3. The van der Waals surface area contributed by atoms with Crippen LogP contribution in [0.15, 0.2) is 24.3 Å². The van der Waals surface area contributed by atoms with Gasteiger partial charge in [0.05, 0.1) is 13.5 Å². The van der Waals surface area contributed by atoms with Gasteiger partial charge in [-0.05, 0) is 6.92 Å². The van der Waals surface area contributed by atoms with Gasteiger partial charge in [0.2, 0.25) is 5.91 Å². The third-order valence-electron chi connectivity index (χ3n) is 1.41. The molecule has 0 bridgehead atoms. The lowest BCUT2D eigenvalue weighted by Gasteiger charge is -1.99. The number of nitrogens with one attached hydrogen (secondary N) is 1. The van der Waals surface area contributed by atoms with E-state index in [0.29, 0.717) is 6.54 Å². The average Bonchev–Trinajstić information content (AvgIpc) is 2.18. The first-order valence-corrected chi connectivity index (χ1v) is 4.34. The minimum Gasteiger partial charge on any atom is -0.469 e. The molecular weight excluding hydrogens is 182 g/mol. The molecule has 1 amide bonds. The van der Waals surface area contributed by atoms with Crippen LogP contribution in [0, 0.1) is 0 Å². The van der Waals surface area contributed by atoms with Crippen molar-refractivity contribution in [2.75, 3.05) is 13.7 Å². The van der Waals surface area contributed by atoms with E-state index < -0.39 is 0 Å². The maximum absolute atomic E-state index is 11.0. The van der Waals surface area contributed by atoms with Gasteiger partial charge in [0.1, 0.15) is 0 Å². The van der Waals surface area contributed by atoms with Gasteiger partial charge in [0.25, 0.3) is 0 Å². The first kappa shape index (κ1) is 12.4. The zero-order chi connectivity index (χ0) is 10.8. The van der Waals surface area contributed by atoms with Gasteiger partial charge >= 0.3 is 5.97 Å². The quantitative estimate of drug-likeness (QED) is 0.403. The van der Waals surface area contributed by atoms with Gasteiger partial charge in [-0.25, -0.2) is 0 Å². The van der Waals surface area contributed by atoms with Crippen LogP contribution in [0.1, 0.15) is 13.3 Å². The molecule has 0 saturated carbocycles. The summed E-state index contributed by atoms with van der Waals surface area (Å²) in [6.45, 7) is 2.16. The summed E-state index contributed by atoms with van der Waals surface area (Å²) in [6.07, 6.45) is 6.79. The summed E-state index contributed by atoms with van der Waals surface area (Å²) in [5.41, 5.74) is 0. The summed E-state index contributed by atoms with van der Waals surface area (Å²) >= 11 is 0. The molecule has 0 aliphatic rings. The summed E-state index contributed by atoms with van der Waals surface area (Å²) in [7, 11) is 1.32. The van der Waals surface area contributed by atoms with Gasteiger partial charge in [-0.1, -0.05) is 18.2 Å². The fourth-order valence-electron chi connectivity index (χ4n) is 0.703. The summed E-state index contributed by atoms with van der Waals surface area (Å²) in [5.74, 6) is -0.547. The molecule has 0 aromatic rings. The number of rotatable bonds is 5. The number of carbonyl (C=O) groups is 2. The SMILES string of the molecule is CC=CC=CC(=O)NCCC(=O)OC. The van der Waals surface area contributed by atoms with Crippen molar-refractivity contribution in [1.29, 1.82) is 0 Å². The van der Waals surface area contributed by atoms with Crippen LogP contribution >= 0.6 is 0 Å². The number of esters is 1. The van der Waals surface area contributed by atoms with Crippen LogP contribution in [0.5, 0.6) is 0 Å². The number of amides is 1. The first-order chi connectivity index (χ1) is 6.70. The molecule has 14 heavy (non-hydrogen) atoms. The molecule has 0 atom stereocenters. The molecule has 0 aliphatic heterocycles. The van der Waals surface area contributed by atoms with Crippen LogP contribution in [0.4, 0.5) is 0 Å². The van der Waals surface area contributed by atoms with Gasteiger partial charge in [0.15, 0.2) is 0 Å². The Hall–Kier alpha value is -1.58. The second-order valence-corrected chi connectivity index (χ2v) is 2.50. The van der Waals surface area contributed by atoms with E-state index in [9.17, 15) is 9.59 Å². The van der Waals surface area contributed by atoms with E-state index in [4.69, 9.17) is 0 Å². The standard InChI is InChI=1S/C10H15NO3/c1-3-4-5-6-9(12)11-8-7-10(13)14-2/h3-6H,7-8H2,1-2H3,(H,11,12). The second-order valence-electron chi connectivity index (χ2n) is 2.50. The first-order valence-electron chi connectivity index (χ1n) is 4.34. The fraction of sp³-hybridized carbons (Fsp3) is 0.400. The van der Waals surface area contributed by atoms with Gasteiger partial charge in [0, 0.05) is 12.6 Å². The molecule has 0 fully saturated rings. The van der Waals surface area contributed by atoms with Crippen molar-refractivity contribution < 1.29 is 14.3 Å². The van der Waals surface area contributed by atoms with E-state index in [0.717, 1.165) is 0 Å². The van der Waals surface area contributed by atoms with Crippen LogP contribution < -0.4 is 5.32 Å². The lowest BCUT2D eigenvalue weighted by Crippen LogP contribution is -2.24. The number of methoxy groups -OCH3 is 1. The van der Waals surface area contributed by atoms with Gasteiger partial charge < -0.3 is 10.1 Å². The Morgan fingerprint density at radius 1 is 1.36 bits per heavy atom. The lowest BCUT2D eigenvalue weighted by molar-refractivity contribution is -0.140. The fourth-order valence-corrected chi connectivity index (χ4v) is 0.703. The van der Waals surface area contributed by atoms with E-state index in [1.807, 2.05) is 13.0 Å². The van der Waals surface area contributed by atoms with Gasteiger partial charge in [-0.2, -0.15) is 0 Å². The predicted octanol–water partition coefficient (Wildman–Crippen LogP) is 0.798. The minimum absolute atomic E-state index is 0.194. The maximum Gasteiger partial charge on any atom is 0.307 e. The zero-order valence-electron chi connectivity index (χ0n) is 8.45. The van der Waals surface area contributed by atoms with E-state index in [-0.39, 0.29) is 18.3 Å². The van der Waals surface area contributed by atoms with Crippen molar-refractivity contribution in [3.05, 3.63) is 24.3 Å². The van der Waals surface area contributed by atoms with E-state index in [2.05, 4.69) is 10.1 Å². The molecule has 0 spiro atoms. The Morgan fingerprint density at radius 2 is 2.07 bits per heavy atom. The molecule has 4 heteroatoms. The lowest BCUT2D eigenvalue weighted by atomic mass is 10.4. The van der Waals surface area contributed by atoms with Crippen LogP contribution in [0.25, 0.3) is 0 Å². The topological polar surface area (TPSA) is 55.4 Å². The van der Waals surface area contributed by atoms with Crippen molar-refractivity contribution >= 4 is 11.9 Å². The molecule has 0 heterocycles. The summed E-state index contributed by atoms with van der Waals surface area (Å²) in [4.78, 5) is 21.7. The van der Waals surface area contributed by atoms with E-state index >= 15 is 0 Å². The maximum atomic E-state index is 11.0. The molecule has 0 unspecified atom stereocenters. The second kappa shape index (κ2) is 8.04. The molecule has 78 valence electrons. The Labute approximate surface area is 83.6 Å². The molecule has 0 rings (SSSR count). The summed E-state index contributed by atoms with van der Waals surface area (Å²) in [6, 6.07) is 0. The number of hydrogen-bond donors (Lipinski definition) is 1. The molecule has 4 nitrogen and oxygen atoms in total. The predicted molar refractivity (Wildman–Crippen MR) is 53.6 cm³/mol. The Balaban J connectivity index is 3.59. The Morgan fingerprint density at radius 3 is 2.64 bits per heavy atom. The highest BCUT2D eigenvalue weighted by atomic mass is 16.5. The number of ether oxygens (including phenoxy) is 1. The normalized spacial score (nSPS) is 10.7. The van der Waals surface area contributed by atoms with Crippen LogP contribution in [-0.4, -0.2) is 25.5 Å². The van der Waals surface area contributed by atoms with Crippen LogP contribution in [0.3, 0.4) is 0 Å². The van der Waals surface area contributed by atoms with Gasteiger partial charge in [-0.15, -0.1) is 0 Å². The number of carbonyl (C=O) groups excluding carboxylic acids is 2. The smallest absolute Gasteiger partial charge is 0.307 e. The van der Waals surface area contributed by atoms with Crippen molar-refractivity contribution in [1.82, 2.24) is 5.32 Å². The summed E-state index contributed by atoms with van der Waals surface area (Å²) in [5, 5.41) is 2.55. The average molecular weight is 197 g/mol. The van der Waals surface area contributed by atoms with Crippen LogP contribution in [-0.2, 0) is 14.3 Å². The van der Waals surface area contributed by atoms with E-state index in [1.54, 1.807) is 12.2 Å². The Kier molecular flexibility index (Phi) is 7.13. The molecule has 0 aliphatic carbocycles. The molecule has 0 aromatic carbocycles. The minimum atomic E-state index is -0.331. The third kappa shape index (κ3) is 7.09. The monoisotopic (exact) mass is 197 g/mol. The van der Waals surface area contributed by atoms with Gasteiger partial charge in [-0.3, -0.25) is 9.59 Å². The van der Waals surface area contributed by atoms with Crippen molar-refractivity contribution in [2.45, 2.75) is 13.3 Å². The van der Waals surface area contributed by atoms with Crippen LogP contribution in [0.2, 0.25) is 0 Å².